The van der Waals surface area contributed by atoms with Gasteiger partial charge >= 0.3 is 0 Å². The van der Waals surface area contributed by atoms with Crippen molar-refractivity contribution in [3.05, 3.63) is 52.5 Å². The summed E-state index contributed by atoms with van der Waals surface area (Å²) in [5.74, 6) is 0.668. The van der Waals surface area contributed by atoms with E-state index in [9.17, 15) is 0 Å². The second kappa shape index (κ2) is 4.00. The van der Waals surface area contributed by atoms with Gasteiger partial charge in [-0.15, -0.1) is 0 Å². The molecule has 0 atom stereocenters. The molecule has 0 radical (unpaired) electrons. The number of rotatable bonds is 1. The summed E-state index contributed by atoms with van der Waals surface area (Å²) in [6.07, 6.45) is 0. The smallest absolute Gasteiger partial charge is 0.227 e. The highest BCUT2D eigenvalue weighted by Gasteiger charge is 2.08. The van der Waals surface area contributed by atoms with Gasteiger partial charge in [-0.2, -0.15) is 0 Å². The van der Waals surface area contributed by atoms with E-state index >= 15 is 0 Å². The fourth-order valence-electron chi connectivity index (χ4n) is 1.80. The van der Waals surface area contributed by atoms with Crippen molar-refractivity contribution < 1.29 is 4.42 Å². The minimum absolute atomic E-state index is 0.668. The van der Waals surface area contributed by atoms with E-state index in [1.54, 1.807) is 0 Å². The van der Waals surface area contributed by atoms with E-state index in [1.165, 1.54) is 5.56 Å². The summed E-state index contributed by atoms with van der Waals surface area (Å²) in [7, 11) is 0. The van der Waals surface area contributed by atoms with Crippen LogP contribution < -0.4 is 0 Å². The van der Waals surface area contributed by atoms with Gasteiger partial charge < -0.3 is 4.42 Å². The van der Waals surface area contributed by atoms with E-state index in [0.29, 0.717) is 5.89 Å². The van der Waals surface area contributed by atoms with Gasteiger partial charge in [0.2, 0.25) is 5.89 Å². The third kappa shape index (κ3) is 1.98. The molecule has 3 heteroatoms. The molecular weight excluding hydrogens is 278 g/mol. The quantitative estimate of drug-likeness (QED) is 0.655. The van der Waals surface area contributed by atoms with Gasteiger partial charge in [0.25, 0.3) is 0 Å². The number of aromatic nitrogens is 1. The number of nitrogens with zero attached hydrogens (tertiary/aromatic N) is 1. The van der Waals surface area contributed by atoms with E-state index in [2.05, 4.69) is 40.0 Å². The van der Waals surface area contributed by atoms with E-state index in [1.807, 2.05) is 30.3 Å². The molecule has 0 aliphatic heterocycles. The number of fused-ring (bicyclic) bond motifs is 1. The highest BCUT2D eigenvalue weighted by molar-refractivity contribution is 9.10. The van der Waals surface area contributed by atoms with Crippen LogP contribution in [0.1, 0.15) is 5.56 Å². The first-order valence-electron chi connectivity index (χ1n) is 5.35. The van der Waals surface area contributed by atoms with Gasteiger partial charge in [0.05, 0.1) is 0 Å². The van der Waals surface area contributed by atoms with Gasteiger partial charge in [-0.05, 0) is 37.3 Å². The number of halogens is 1. The first-order chi connectivity index (χ1) is 8.22. The van der Waals surface area contributed by atoms with Crippen LogP contribution in [0.2, 0.25) is 0 Å². The molecule has 0 spiro atoms. The van der Waals surface area contributed by atoms with Gasteiger partial charge in [-0.25, -0.2) is 4.98 Å². The number of hydrogen-bond donors (Lipinski definition) is 0. The van der Waals surface area contributed by atoms with Gasteiger partial charge in [0.1, 0.15) is 5.52 Å². The number of hydrogen-bond acceptors (Lipinski definition) is 2. The zero-order valence-corrected chi connectivity index (χ0v) is 10.9. The largest absolute Gasteiger partial charge is 0.436 e. The zero-order valence-electron chi connectivity index (χ0n) is 9.27. The van der Waals surface area contributed by atoms with Gasteiger partial charge in [-0.3, -0.25) is 0 Å². The minimum atomic E-state index is 0.668. The lowest BCUT2D eigenvalue weighted by molar-refractivity contribution is 0.620. The predicted octanol–water partition coefficient (Wildman–Crippen LogP) is 4.57. The van der Waals surface area contributed by atoms with Gasteiger partial charge in [0, 0.05) is 10.0 Å². The van der Waals surface area contributed by atoms with Gasteiger partial charge in [-0.1, -0.05) is 33.6 Å². The van der Waals surface area contributed by atoms with Crippen LogP contribution in [0.15, 0.2) is 51.4 Å². The van der Waals surface area contributed by atoms with Crippen molar-refractivity contribution in [2.75, 3.05) is 0 Å². The minimum Gasteiger partial charge on any atom is -0.436 e. The molecule has 0 aliphatic rings. The Bertz CT molecular complexity index is 688. The summed E-state index contributed by atoms with van der Waals surface area (Å²) in [5.41, 5.74) is 3.89. The monoisotopic (exact) mass is 287 g/mol. The van der Waals surface area contributed by atoms with Crippen molar-refractivity contribution in [1.82, 2.24) is 4.98 Å². The maximum absolute atomic E-state index is 5.73. The molecule has 2 nitrogen and oxygen atoms in total. The van der Waals surface area contributed by atoms with Crippen LogP contribution in [0.5, 0.6) is 0 Å². The van der Waals surface area contributed by atoms with Crippen molar-refractivity contribution in [1.29, 1.82) is 0 Å². The SMILES string of the molecule is Cc1cccc(-c2nc3cc(Br)ccc3o2)c1. The lowest BCUT2D eigenvalue weighted by Crippen LogP contribution is -1.78. The van der Waals surface area contributed by atoms with Crippen molar-refractivity contribution in [2.45, 2.75) is 6.92 Å². The van der Waals surface area contributed by atoms with Crippen LogP contribution in [0.4, 0.5) is 0 Å². The fraction of sp³-hybridized carbons (Fsp3) is 0.0714. The summed E-state index contributed by atoms with van der Waals surface area (Å²) in [4.78, 5) is 4.49. The van der Waals surface area contributed by atoms with Crippen molar-refractivity contribution in [3.8, 4) is 11.5 Å². The molecule has 0 fully saturated rings. The lowest BCUT2D eigenvalue weighted by Gasteiger charge is -1.95. The van der Waals surface area contributed by atoms with Crippen LogP contribution in [0.25, 0.3) is 22.6 Å². The number of benzene rings is 2. The summed E-state index contributed by atoms with van der Waals surface area (Å²) in [5, 5.41) is 0. The summed E-state index contributed by atoms with van der Waals surface area (Å²) in [6, 6.07) is 14.0. The second-order valence-corrected chi connectivity index (χ2v) is 4.92. The Labute approximate surface area is 107 Å². The second-order valence-electron chi connectivity index (χ2n) is 4.00. The molecule has 0 amide bonds. The third-order valence-electron chi connectivity index (χ3n) is 2.61. The first kappa shape index (κ1) is 10.5. The molecule has 0 unspecified atom stereocenters. The molecule has 0 aliphatic carbocycles. The molecule has 3 aromatic rings. The lowest BCUT2D eigenvalue weighted by atomic mass is 10.1. The molecule has 1 heterocycles. The summed E-state index contributed by atoms with van der Waals surface area (Å²) < 4.78 is 6.74. The first-order valence-corrected chi connectivity index (χ1v) is 6.15. The van der Waals surface area contributed by atoms with Crippen LogP contribution in [0.3, 0.4) is 0 Å². The fourth-order valence-corrected chi connectivity index (χ4v) is 2.15. The molecule has 17 heavy (non-hydrogen) atoms. The molecular formula is C14H10BrNO. The van der Waals surface area contributed by atoms with Crippen molar-refractivity contribution in [2.24, 2.45) is 0 Å². The maximum atomic E-state index is 5.73. The van der Waals surface area contributed by atoms with Crippen LogP contribution >= 0.6 is 15.9 Å². The van der Waals surface area contributed by atoms with Crippen LogP contribution in [0, 0.1) is 6.92 Å². The number of oxazole rings is 1. The van der Waals surface area contributed by atoms with Crippen LogP contribution in [-0.2, 0) is 0 Å². The molecule has 0 bridgehead atoms. The van der Waals surface area contributed by atoms with Gasteiger partial charge in [0.15, 0.2) is 5.58 Å². The molecule has 84 valence electrons. The van der Waals surface area contributed by atoms with Crippen molar-refractivity contribution >= 4 is 27.0 Å². The predicted molar refractivity (Wildman–Crippen MR) is 71.9 cm³/mol. The molecule has 0 saturated carbocycles. The Hall–Kier alpha value is -1.61. The summed E-state index contributed by atoms with van der Waals surface area (Å²) in [6.45, 7) is 2.06. The summed E-state index contributed by atoms with van der Waals surface area (Å²) >= 11 is 3.43. The highest BCUT2D eigenvalue weighted by atomic mass is 79.9. The Morgan fingerprint density at radius 2 is 2.00 bits per heavy atom. The Kier molecular flexibility index (Phi) is 2.48. The highest BCUT2D eigenvalue weighted by Crippen LogP contribution is 2.26. The Balaban J connectivity index is 2.18. The third-order valence-corrected chi connectivity index (χ3v) is 3.11. The van der Waals surface area contributed by atoms with E-state index < -0.39 is 0 Å². The van der Waals surface area contributed by atoms with E-state index in [-0.39, 0.29) is 0 Å². The molecule has 0 saturated heterocycles. The molecule has 1 aromatic heterocycles. The standard InChI is InChI=1S/C14H10BrNO/c1-9-3-2-4-10(7-9)14-16-12-8-11(15)5-6-13(12)17-14/h2-8H,1H3. The average molecular weight is 288 g/mol. The van der Waals surface area contributed by atoms with E-state index in [0.717, 1.165) is 21.1 Å². The molecule has 0 N–H and O–H groups in total. The normalized spacial score (nSPS) is 10.9. The number of aryl methyl sites for hydroxylation is 1. The van der Waals surface area contributed by atoms with Crippen molar-refractivity contribution in [3.63, 3.8) is 0 Å². The van der Waals surface area contributed by atoms with Crippen LogP contribution in [-0.4, -0.2) is 4.98 Å². The maximum Gasteiger partial charge on any atom is 0.227 e. The Morgan fingerprint density at radius 3 is 2.82 bits per heavy atom. The average Bonchev–Trinajstić information content (AvgIpc) is 2.72. The molecule has 3 rings (SSSR count). The Morgan fingerprint density at radius 1 is 1.12 bits per heavy atom. The topological polar surface area (TPSA) is 26.0 Å². The van der Waals surface area contributed by atoms with E-state index in [4.69, 9.17) is 4.42 Å². The molecule has 2 aromatic carbocycles. The zero-order chi connectivity index (χ0) is 11.8.